The van der Waals surface area contributed by atoms with E-state index in [9.17, 15) is 4.79 Å². The first-order valence-corrected chi connectivity index (χ1v) is 9.73. The molecule has 0 radical (unpaired) electrons. The van der Waals surface area contributed by atoms with E-state index in [1.54, 1.807) is 6.20 Å². The number of aromatic amines is 1. The molecular weight excluding hydrogens is 336 g/mol. The lowest BCUT2D eigenvalue weighted by Crippen LogP contribution is -2.55. The van der Waals surface area contributed by atoms with E-state index in [2.05, 4.69) is 39.6 Å². The Hall–Kier alpha value is -2.66. The molecule has 0 saturated carbocycles. The van der Waals surface area contributed by atoms with Crippen molar-refractivity contribution in [3.63, 3.8) is 0 Å². The summed E-state index contributed by atoms with van der Waals surface area (Å²) in [6.07, 6.45) is 4.60. The number of nitrogens with one attached hydrogen (secondary N) is 2. The van der Waals surface area contributed by atoms with E-state index in [0.29, 0.717) is 5.56 Å². The van der Waals surface area contributed by atoms with Crippen LogP contribution in [0.15, 0.2) is 42.6 Å². The Morgan fingerprint density at radius 2 is 1.96 bits per heavy atom. The monoisotopic (exact) mass is 360 g/mol. The molecule has 0 atom stereocenters. The second-order valence-electron chi connectivity index (χ2n) is 7.76. The predicted molar refractivity (Wildman–Crippen MR) is 106 cm³/mol. The number of amides is 1. The van der Waals surface area contributed by atoms with Crippen molar-refractivity contribution in [1.82, 2.24) is 20.2 Å². The van der Waals surface area contributed by atoms with Gasteiger partial charge in [-0.1, -0.05) is 18.2 Å². The van der Waals surface area contributed by atoms with Gasteiger partial charge in [0, 0.05) is 48.1 Å². The first kappa shape index (κ1) is 16.5. The zero-order chi connectivity index (χ0) is 18.4. The number of aromatic nitrogens is 2. The van der Waals surface area contributed by atoms with Gasteiger partial charge in [-0.2, -0.15) is 0 Å². The summed E-state index contributed by atoms with van der Waals surface area (Å²) in [6.45, 7) is 4.44. The van der Waals surface area contributed by atoms with Gasteiger partial charge >= 0.3 is 0 Å². The van der Waals surface area contributed by atoms with Gasteiger partial charge in [0.2, 0.25) is 0 Å². The number of aryl methyl sites for hydroxylation is 1. The van der Waals surface area contributed by atoms with Crippen molar-refractivity contribution in [2.75, 3.05) is 19.6 Å². The number of para-hydroxylation sites is 1. The Labute approximate surface area is 158 Å². The molecule has 1 amide bonds. The molecule has 3 aromatic rings. The molecule has 2 aromatic heterocycles. The number of likely N-dealkylation sites (tertiary alicyclic amines) is 1. The number of hydrogen-bond acceptors (Lipinski definition) is 3. The molecule has 5 heteroatoms. The van der Waals surface area contributed by atoms with Crippen molar-refractivity contribution in [3.05, 3.63) is 65.1 Å². The zero-order valence-corrected chi connectivity index (χ0v) is 15.6. The van der Waals surface area contributed by atoms with Crippen LogP contribution in [0.5, 0.6) is 0 Å². The average molecular weight is 360 g/mol. The number of piperidine rings is 1. The SMILES string of the molecule is Cc1ccc(C(=O)N2CCC3(CC2)NCCc2c3[nH]c3ccccc23)cn1. The van der Waals surface area contributed by atoms with Gasteiger partial charge in [0.1, 0.15) is 0 Å². The summed E-state index contributed by atoms with van der Waals surface area (Å²) < 4.78 is 0. The smallest absolute Gasteiger partial charge is 0.255 e. The van der Waals surface area contributed by atoms with E-state index in [1.165, 1.54) is 22.2 Å². The van der Waals surface area contributed by atoms with E-state index in [-0.39, 0.29) is 11.4 Å². The van der Waals surface area contributed by atoms with Crippen LogP contribution in [0.1, 0.15) is 40.2 Å². The van der Waals surface area contributed by atoms with E-state index >= 15 is 0 Å². The number of hydrogen-bond donors (Lipinski definition) is 2. The molecular formula is C22H24N4O. The first-order valence-electron chi connectivity index (χ1n) is 9.73. The largest absolute Gasteiger partial charge is 0.357 e. The maximum atomic E-state index is 12.8. The lowest BCUT2D eigenvalue weighted by molar-refractivity contribution is 0.0626. The van der Waals surface area contributed by atoms with Crippen molar-refractivity contribution in [2.45, 2.75) is 31.7 Å². The molecule has 1 fully saturated rings. The van der Waals surface area contributed by atoms with Crippen LogP contribution in [-0.4, -0.2) is 40.4 Å². The van der Waals surface area contributed by atoms with Crippen LogP contribution in [0.2, 0.25) is 0 Å². The maximum absolute atomic E-state index is 12.8. The molecule has 1 aromatic carbocycles. The fraction of sp³-hybridized carbons (Fsp3) is 0.364. The molecule has 5 rings (SSSR count). The minimum absolute atomic E-state index is 0.0467. The van der Waals surface area contributed by atoms with Crippen LogP contribution in [0.25, 0.3) is 10.9 Å². The number of fused-ring (bicyclic) bond motifs is 4. The van der Waals surface area contributed by atoms with Gasteiger partial charge in [-0.05, 0) is 49.9 Å². The summed E-state index contributed by atoms with van der Waals surface area (Å²) in [5.41, 5.74) is 5.57. The molecule has 2 aliphatic heterocycles. The summed E-state index contributed by atoms with van der Waals surface area (Å²) in [4.78, 5) is 22.7. The number of nitrogens with zero attached hydrogens (tertiary/aromatic N) is 2. The predicted octanol–water partition coefficient (Wildman–Crippen LogP) is 3.15. The molecule has 0 bridgehead atoms. The Balaban J connectivity index is 1.40. The molecule has 1 saturated heterocycles. The Morgan fingerprint density at radius 1 is 1.15 bits per heavy atom. The van der Waals surface area contributed by atoms with E-state index < -0.39 is 0 Å². The minimum Gasteiger partial charge on any atom is -0.357 e. The van der Waals surface area contributed by atoms with Crippen molar-refractivity contribution >= 4 is 16.8 Å². The van der Waals surface area contributed by atoms with Crippen molar-refractivity contribution < 1.29 is 4.79 Å². The van der Waals surface area contributed by atoms with Gasteiger partial charge in [-0.25, -0.2) is 0 Å². The lowest BCUT2D eigenvalue weighted by Gasteiger charge is -2.44. The number of H-pyrrole nitrogens is 1. The molecule has 2 aliphatic rings. The Morgan fingerprint density at radius 3 is 2.74 bits per heavy atom. The van der Waals surface area contributed by atoms with Gasteiger partial charge in [0.25, 0.3) is 5.91 Å². The van der Waals surface area contributed by atoms with Crippen molar-refractivity contribution in [1.29, 1.82) is 0 Å². The first-order chi connectivity index (χ1) is 13.2. The Kier molecular flexibility index (Phi) is 3.79. The number of pyridine rings is 1. The fourth-order valence-corrected chi connectivity index (χ4v) is 4.68. The molecule has 138 valence electrons. The highest BCUT2D eigenvalue weighted by atomic mass is 16.2. The summed E-state index contributed by atoms with van der Waals surface area (Å²) in [6, 6.07) is 12.3. The van der Waals surface area contributed by atoms with Gasteiger partial charge in [-0.3, -0.25) is 9.78 Å². The van der Waals surface area contributed by atoms with Crippen LogP contribution >= 0.6 is 0 Å². The van der Waals surface area contributed by atoms with E-state index in [4.69, 9.17) is 0 Å². The molecule has 1 spiro atoms. The number of carbonyl (C=O) groups is 1. The van der Waals surface area contributed by atoms with Crippen LogP contribution < -0.4 is 5.32 Å². The van der Waals surface area contributed by atoms with Crippen LogP contribution in [0, 0.1) is 6.92 Å². The highest BCUT2D eigenvalue weighted by Crippen LogP contribution is 2.40. The summed E-state index contributed by atoms with van der Waals surface area (Å²) in [5, 5.41) is 5.12. The topological polar surface area (TPSA) is 61.0 Å². The second kappa shape index (κ2) is 6.20. The quantitative estimate of drug-likeness (QED) is 0.701. The summed E-state index contributed by atoms with van der Waals surface area (Å²) >= 11 is 0. The fourth-order valence-electron chi connectivity index (χ4n) is 4.68. The standard InChI is InChI=1S/C22H24N4O/c1-15-6-7-16(14-23-15)21(27)26-12-9-22(10-13-26)20-18(8-11-24-22)17-4-2-3-5-19(17)25-20/h2-7,14,24-25H,8-13H2,1H3. The lowest BCUT2D eigenvalue weighted by atomic mass is 9.79. The average Bonchev–Trinajstić information content (AvgIpc) is 3.09. The zero-order valence-electron chi connectivity index (χ0n) is 15.6. The van der Waals surface area contributed by atoms with Gasteiger partial charge in [0.15, 0.2) is 0 Å². The van der Waals surface area contributed by atoms with Gasteiger partial charge in [-0.15, -0.1) is 0 Å². The third kappa shape index (κ3) is 2.65. The van der Waals surface area contributed by atoms with Gasteiger partial charge in [0.05, 0.1) is 11.1 Å². The van der Waals surface area contributed by atoms with E-state index in [0.717, 1.165) is 44.6 Å². The number of benzene rings is 1. The van der Waals surface area contributed by atoms with Crippen LogP contribution in [0.3, 0.4) is 0 Å². The third-order valence-electron chi connectivity index (χ3n) is 6.19. The summed E-state index contributed by atoms with van der Waals surface area (Å²) in [7, 11) is 0. The third-order valence-corrected chi connectivity index (χ3v) is 6.19. The second-order valence-corrected chi connectivity index (χ2v) is 7.76. The minimum atomic E-state index is -0.0467. The molecule has 0 unspecified atom stereocenters. The highest BCUT2D eigenvalue weighted by Gasteiger charge is 2.42. The van der Waals surface area contributed by atoms with E-state index in [1.807, 2.05) is 24.0 Å². The highest BCUT2D eigenvalue weighted by molar-refractivity contribution is 5.94. The van der Waals surface area contributed by atoms with Crippen LogP contribution in [-0.2, 0) is 12.0 Å². The molecule has 5 nitrogen and oxygen atoms in total. The number of carbonyl (C=O) groups excluding carboxylic acids is 1. The van der Waals surface area contributed by atoms with Crippen LogP contribution in [0.4, 0.5) is 0 Å². The molecule has 2 N–H and O–H groups in total. The van der Waals surface area contributed by atoms with Gasteiger partial charge < -0.3 is 15.2 Å². The number of rotatable bonds is 1. The molecule has 27 heavy (non-hydrogen) atoms. The molecule has 0 aliphatic carbocycles. The molecule has 4 heterocycles. The Bertz CT molecular complexity index is 997. The van der Waals surface area contributed by atoms with Crippen molar-refractivity contribution in [3.8, 4) is 0 Å². The summed E-state index contributed by atoms with van der Waals surface area (Å²) in [5.74, 6) is 0.0880. The maximum Gasteiger partial charge on any atom is 0.255 e. The normalized spacial score (nSPS) is 18.6. The van der Waals surface area contributed by atoms with Crippen molar-refractivity contribution in [2.24, 2.45) is 0 Å².